The van der Waals surface area contributed by atoms with Crippen molar-refractivity contribution in [1.82, 2.24) is 4.90 Å². The van der Waals surface area contributed by atoms with E-state index in [-0.39, 0.29) is 0 Å². The Morgan fingerprint density at radius 2 is 2.29 bits per heavy atom. The zero-order valence-electron chi connectivity index (χ0n) is 8.86. The zero-order chi connectivity index (χ0) is 10.4. The first-order valence-corrected chi connectivity index (χ1v) is 6.29. The van der Waals surface area contributed by atoms with Gasteiger partial charge in [-0.15, -0.1) is 4.99 Å². The third-order valence-corrected chi connectivity index (χ3v) is 3.32. The molecule has 1 aliphatic rings. The van der Waals surface area contributed by atoms with Crippen LogP contribution < -0.4 is 0 Å². The topological polar surface area (TPSA) is 39.4 Å². The van der Waals surface area contributed by atoms with Crippen LogP contribution in [-0.2, 0) is 0 Å². The van der Waals surface area contributed by atoms with E-state index < -0.39 is 0 Å². The molecule has 0 amide bonds. The van der Waals surface area contributed by atoms with Crippen molar-refractivity contribution in [2.75, 3.05) is 12.8 Å². The number of rotatable bonds is 0. The molecular weight excluding hydrogens is 194 g/mol. The Labute approximate surface area is 90.2 Å². The van der Waals surface area contributed by atoms with Crippen LogP contribution in [0.1, 0.15) is 32.6 Å². The molecule has 3 nitrogen and oxygen atoms in total. The summed E-state index contributed by atoms with van der Waals surface area (Å²) in [5.41, 5.74) is 0. The number of amidine groups is 1. The molecule has 1 fully saturated rings. The molecule has 0 bridgehead atoms. The van der Waals surface area contributed by atoms with Gasteiger partial charge in [-0.05, 0) is 26.0 Å². The molecular formula is C10H17N3S. The second-order valence-corrected chi connectivity index (χ2v) is 4.36. The summed E-state index contributed by atoms with van der Waals surface area (Å²) >= 11 is 1.57. The maximum atomic E-state index is 8.58. The van der Waals surface area contributed by atoms with E-state index in [4.69, 9.17) is 5.26 Å². The van der Waals surface area contributed by atoms with E-state index in [1.165, 1.54) is 25.7 Å². The Bertz CT molecular complexity index is 244. The lowest BCUT2D eigenvalue weighted by atomic mass is 10.1. The highest BCUT2D eigenvalue weighted by Gasteiger charge is 2.19. The van der Waals surface area contributed by atoms with Crippen molar-refractivity contribution >= 4 is 16.9 Å². The third kappa shape index (κ3) is 2.91. The highest BCUT2D eigenvalue weighted by atomic mass is 32.2. The van der Waals surface area contributed by atoms with Crippen LogP contribution in [0.15, 0.2) is 4.99 Å². The van der Waals surface area contributed by atoms with Crippen molar-refractivity contribution in [2.24, 2.45) is 4.99 Å². The molecule has 78 valence electrons. The van der Waals surface area contributed by atoms with Crippen LogP contribution in [0.2, 0.25) is 0 Å². The summed E-state index contributed by atoms with van der Waals surface area (Å²) in [5, 5.41) is 9.45. The smallest absolute Gasteiger partial charge is 0.208 e. The summed E-state index contributed by atoms with van der Waals surface area (Å²) in [6.45, 7) is 3.26. The van der Waals surface area contributed by atoms with Gasteiger partial charge in [0.15, 0.2) is 5.17 Å². The molecule has 0 aromatic carbocycles. The van der Waals surface area contributed by atoms with Crippen molar-refractivity contribution in [3.63, 3.8) is 0 Å². The Morgan fingerprint density at radius 1 is 1.50 bits per heavy atom. The lowest BCUT2D eigenvalue weighted by Gasteiger charge is -2.28. The molecule has 1 unspecified atom stereocenters. The van der Waals surface area contributed by atoms with E-state index in [0.29, 0.717) is 6.04 Å². The van der Waals surface area contributed by atoms with E-state index in [0.717, 1.165) is 11.7 Å². The quantitative estimate of drug-likeness (QED) is 0.351. The van der Waals surface area contributed by atoms with Gasteiger partial charge in [0.2, 0.25) is 6.19 Å². The van der Waals surface area contributed by atoms with E-state index in [2.05, 4.69) is 16.8 Å². The van der Waals surface area contributed by atoms with E-state index >= 15 is 0 Å². The number of thioether (sulfide) groups is 1. The van der Waals surface area contributed by atoms with Crippen molar-refractivity contribution in [3.05, 3.63) is 0 Å². The van der Waals surface area contributed by atoms with Gasteiger partial charge in [-0.2, -0.15) is 5.26 Å². The molecule has 1 rings (SSSR count). The summed E-state index contributed by atoms with van der Waals surface area (Å²) < 4.78 is 0. The van der Waals surface area contributed by atoms with Gasteiger partial charge in [-0.3, -0.25) is 0 Å². The van der Waals surface area contributed by atoms with Crippen LogP contribution in [0.5, 0.6) is 0 Å². The first kappa shape index (κ1) is 11.4. The monoisotopic (exact) mass is 211 g/mol. The van der Waals surface area contributed by atoms with Crippen molar-refractivity contribution < 1.29 is 0 Å². The third-order valence-electron chi connectivity index (χ3n) is 2.63. The number of likely N-dealkylation sites (tertiary alicyclic amines) is 1. The SMILES string of the molecule is CSC(=NC#N)N1CCCCCC1C. The van der Waals surface area contributed by atoms with Gasteiger partial charge in [-0.25, -0.2) is 0 Å². The second kappa shape index (κ2) is 5.92. The highest BCUT2D eigenvalue weighted by Crippen LogP contribution is 2.19. The van der Waals surface area contributed by atoms with Gasteiger partial charge in [0, 0.05) is 12.6 Å². The van der Waals surface area contributed by atoms with Gasteiger partial charge in [0.05, 0.1) is 0 Å². The lowest BCUT2D eigenvalue weighted by molar-refractivity contribution is 0.343. The normalized spacial score (nSPS) is 24.2. The predicted molar refractivity (Wildman–Crippen MR) is 61.2 cm³/mol. The molecule has 1 saturated heterocycles. The van der Waals surface area contributed by atoms with E-state index in [9.17, 15) is 0 Å². The fourth-order valence-electron chi connectivity index (χ4n) is 1.83. The van der Waals surface area contributed by atoms with Crippen LogP contribution >= 0.6 is 11.8 Å². The molecule has 1 aliphatic heterocycles. The summed E-state index contributed by atoms with van der Waals surface area (Å²) in [6.07, 6.45) is 8.89. The first-order valence-electron chi connectivity index (χ1n) is 5.07. The number of hydrogen-bond acceptors (Lipinski definition) is 3. The molecule has 0 radical (unpaired) electrons. The first-order chi connectivity index (χ1) is 6.79. The molecule has 0 spiro atoms. The maximum absolute atomic E-state index is 8.58. The van der Waals surface area contributed by atoms with Gasteiger partial charge < -0.3 is 4.90 Å². The Morgan fingerprint density at radius 3 is 2.93 bits per heavy atom. The minimum absolute atomic E-state index is 0.525. The Kier molecular flexibility index (Phi) is 4.81. The Hall–Kier alpha value is -0.690. The number of nitrogens with zero attached hydrogens (tertiary/aromatic N) is 3. The van der Waals surface area contributed by atoms with Crippen LogP contribution in [0.3, 0.4) is 0 Å². The van der Waals surface area contributed by atoms with Crippen molar-refractivity contribution in [1.29, 1.82) is 5.26 Å². The standard InChI is InChI=1S/C10H17N3S/c1-9-6-4-3-5-7-13(9)10(14-2)12-8-11/h9H,3-7H2,1-2H3. The number of hydrogen-bond donors (Lipinski definition) is 0. The average Bonchev–Trinajstić information content (AvgIpc) is 2.40. The molecule has 1 heterocycles. The average molecular weight is 211 g/mol. The predicted octanol–water partition coefficient (Wildman–Crippen LogP) is 2.45. The molecule has 1 atom stereocenters. The van der Waals surface area contributed by atoms with Gasteiger partial charge in [0.25, 0.3) is 0 Å². The van der Waals surface area contributed by atoms with Crippen LogP contribution in [-0.4, -0.2) is 28.9 Å². The minimum Gasteiger partial charge on any atom is -0.348 e. The number of aliphatic imine (C=N–C) groups is 1. The molecule has 0 aromatic heterocycles. The molecule has 0 N–H and O–H groups in total. The summed E-state index contributed by atoms with van der Waals surface area (Å²) in [6, 6.07) is 0.525. The molecule has 0 aliphatic carbocycles. The van der Waals surface area contributed by atoms with E-state index in [1.54, 1.807) is 11.8 Å². The molecule has 0 aromatic rings. The minimum atomic E-state index is 0.525. The largest absolute Gasteiger partial charge is 0.348 e. The van der Waals surface area contributed by atoms with Gasteiger partial charge in [-0.1, -0.05) is 24.6 Å². The van der Waals surface area contributed by atoms with Crippen molar-refractivity contribution in [2.45, 2.75) is 38.6 Å². The highest BCUT2D eigenvalue weighted by molar-refractivity contribution is 8.13. The lowest BCUT2D eigenvalue weighted by Crippen LogP contribution is -2.36. The molecule has 14 heavy (non-hydrogen) atoms. The fraction of sp³-hybridized carbons (Fsp3) is 0.800. The fourth-order valence-corrected chi connectivity index (χ4v) is 2.47. The maximum Gasteiger partial charge on any atom is 0.208 e. The van der Waals surface area contributed by atoms with Crippen LogP contribution in [0, 0.1) is 11.5 Å². The number of nitriles is 1. The second-order valence-electron chi connectivity index (χ2n) is 3.59. The van der Waals surface area contributed by atoms with Crippen LogP contribution in [0.25, 0.3) is 0 Å². The van der Waals surface area contributed by atoms with Crippen LogP contribution in [0.4, 0.5) is 0 Å². The van der Waals surface area contributed by atoms with E-state index in [1.807, 2.05) is 12.4 Å². The van der Waals surface area contributed by atoms with Crippen molar-refractivity contribution in [3.8, 4) is 6.19 Å². The Balaban J connectivity index is 2.71. The summed E-state index contributed by atoms with van der Waals surface area (Å²) in [7, 11) is 0. The van der Waals surface area contributed by atoms with Gasteiger partial charge in [0.1, 0.15) is 0 Å². The van der Waals surface area contributed by atoms with Gasteiger partial charge >= 0.3 is 0 Å². The molecule has 0 saturated carbocycles. The molecule has 4 heteroatoms. The summed E-state index contributed by atoms with van der Waals surface area (Å²) in [5.74, 6) is 0. The zero-order valence-corrected chi connectivity index (χ0v) is 9.68. The summed E-state index contributed by atoms with van der Waals surface area (Å²) in [4.78, 5) is 6.13.